The van der Waals surface area contributed by atoms with Crippen LogP contribution in [0.15, 0.2) is 5.16 Å². The highest BCUT2D eigenvalue weighted by atomic mass is 35.5. The van der Waals surface area contributed by atoms with Crippen molar-refractivity contribution in [2.24, 2.45) is 7.05 Å². The van der Waals surface area contributed by atoms with Gasteiger partial charge in [-0.2, -0.15) is 11.8 Å². The second-order valence-electron chi connectivity index (χ2n) is 3.03. The number of hydrogen-bond acceptors (Lipinski definition) is 5. The van der Waals surface area contributed by atoms with Gasteiger partial charge in [0.1, 0.15) is 5.82 Å². The molecule has 0 radical (unpaired) electrons. The SMILES string of the molecule is CCSCCSc1nnc(CNC)n1C.Cl. The minimum atomic E-state index is 0. The highest BCUT2D eigenvalue weighted by Crippen LogP contribution is 2.16. The molecule has 0 unspecified atom stereocenters. The third-order valence-electron chi connectivity index (χ3n) is 1.92. The summed E-state index contributed by atoms with van der Waals surface area (Å²) >= 11 is 3.73. The Labute approximate surface area is 112 Å². The van der Waals surface area contributed by atoms with E-state index in [-0.39, 0.29) is 12.4 Å². The summed E-state index contributed by atoms with van der Waals surface area (Å²) < 4.78 is 2.05. The second kappa shape index (κ2) is 9.15. The van der Waals surface area contributed by atoms with Crippen LogP contribution in [-0.4, -0.2) is 39.1 Å². The standard InChI is InChI=1S/C9H18N4S2.ClH/c1-4-14-5-6-15-9-12-11-8(7-10-2)13(9)3;/h10H,4-7H2,1-3H3;1H. The van der Waals surface area contributed by atoms with Gasteiger partial charge in [-0.3, -0.25) is 0 Å². The van der Waals surface area contributed by atoms with Crippen LogP contribution in [0.5, 0.6) is 0 Å². The van der Waals surface area contributed by atoms with Crippen molar-refractivity contribution in [1.29, 1.82) is 0 Å². The zero-order valence-electron chi connectivity index (χ0n) is 9.89. The van der Waals surface area contributed by atoms with Crippen molar-refractivity contribution in [3.05, 3.63) is 5.82 Å². The molecule has 94 valence electrons. The Hall–Kier alpha value is 0.0900. The highest BCUT2D eigenvalue weighted by Gasteiger charge is 2.07. The molecule has 1 heterocycles. The van der Waals surface area contributed by atoms with Crippen LogP contribution in [0.25, 0.3) is 0 Å². The molecule has 0 saturated heterocycles. The van der Waals surface area contributed by atoms with Gasteiger partial charge < -0.3 is 9.88 Å². The molecular weight excluding hydrogens is 264 g/mol. The Morgan fingerprint density at radius 2 is 2.06 bits per heavy atom. The van der Waals surface area contributed by atoms with Gasteiger partial charge in [0.15, 0.2) is 5.16 Å². The molecule has 7 heteroatoms. The quantitative estimate of drug-likeness (QED) is 0.610. The first-order chi connectivity index (χ1) is 7.29. The molecule has 0 atom stereocenters. The third kappa shape index (κ3) is 4.95. The lowest BCUT2D eigenvalue weighted by Gasteiger charge is -2.02. The molecule has 0 aliphatic rings. The van der Waals surface area contributed by atoms with Gasteiger partial charge in [0.05, 0.1) is 6.54 Å². The van der Waals surface area contributed by atoms with Crippen LogP contribution in [-0.2, 0) is 13.6 Å². The largest absolute Gasteiger partial charge is 0.313 e. The molecule has 0 aliphatic carbocycles. The van der Waals surface area contributed by atoms with Crippen molar-refractivity contribution in [3.8, 4) is 0 Å². The summed E-state index contributed by atoms with van der Waals surface area (Å²) in [5, 5.41) is 12.4. The molecular formula is C9H19ClN4S2. The Morgan fingerprint density at radius 3 is 2.69 bits per heavy atom. The van der Waals surface area contributed by atoms with Crippen LogP contribution in [0.4, 0.5) is 0 Å². The van der Waals surface area contributed by atoms with E-state index in [1.165, 1.54) is 11.5 Å². The third-order valence-corrected chi connectivity index (χ3v) is 4.10. The molecule has 0 fully saturated rings. The molecule has 0 bridgehead atoms. The summed E-state index contributed by atoms with van der Waals surface area (Å²) in [5.41, 5.74) is 0. The molecule has 0 aliphatic heterocycles. The number of aromatic nitrogens is 3. The minimum Gasteiger partial charge on any atom is -0.313 e. The maximum absolute atomic E-state index is 4.16. The maximum atomic E-state index is 4.16. The first-order valence-corrected chi connectivity index (χ1v) is 7.17. The zero-order valence-corrected chi connectivity index (χ0v) is 12.3. The van der Waals surface area contributed by atoms with Gasteiger partial charge in [0.25, 0.3) is 0 Å². The van der Waals surface area contributed by atoms with Crippen molar-refractivity contribution in [3.63, 3.8) is 0 Å². The number of halogens is 1. The lowest BCUT2D eigenvalue weighted by atomic mass is 10.6. The van der Waals surface area contributed by atoms with Crippen LogP contribution in [0.3, 0.4) is 0 Å². The maximum Gasteiger partial charge on any atom is 0.191 e. The fourth-order valence-electron chi connectivity index (χ4n) is 1.12. The molecule has 1 aromatic rings. The summed E-state index contributed by atoms with van der Waals surface area (Å²) in [7, 11) is 3.93. The van der Waals surface area contributed by atoms with E-state index in [0.29, 0.717) is 0 Å². The molecule has 0 aromatic carbocycles. The van der Waals surface area contributed by atoms with Crippen LogP contribution >= 0.6 is 35.9 Å². The summed E-state index contributed by atoms with van der Waals surface area (Å²) in [6, 6.07) is 0. The highest BCUT2D eigenvalue weighted by molar-refractivity contribution is 8.02. The van der Waals surface area contributed by atoms with Gasteiger partial charge in [-0.1, -0.05) is 18.7 Å². The lowest BCUT2D eigenvalue weighted by molar-refractivity contribution is 0.682. The lowest BCUT2D eigenvalue weighted by Crippen LogP contribution is -2.10. The second-order valence-corrected chi connectivity index (χ2v) is 5.49. The normalized spacial score (nSPS) is 10.2. The topological polar surface area (TPSA) is 42.7 Å². The first-order valence-electron chi connectivity index (χ1n) is 5.03. The summed E-state index contributed by atoms with van der Waals surface area (Å²) in [4.78, 5) is 0. The van der Waals surface area contributed by atoms with E-state index < -0.39 is 0 Å². The number of hydrogen-bond donors (Lipinski definition) is 1. The number of thioether (sulfide) groups is 2. The molecule has 1 N–H and O–H groups in total. The molecule has 0 amide bonds. The van der Waals surface area contributed by atoms with E-state index in [1.807, 2.05) is 25.9 Å². The molecule has 1 aromatic heterocycles. The van der Waals surface area contributed by atoms with Crippen molar-refractivity contribution in [2.75, 3.05) is 24.3 Å². The Bertz CT molecular complexity index is 293. The van der Waals surface area contributed by atoms with Gasteiger partial charge in [0, 0.05) is 18.6 Å². The van der Waals surface area contributed by atoms with Crippen LogP contribution in [0.2, 0.25) is 0 Å². The van der Waals surface area contributed by atoms with Gasteiger partial charge in [0.2, 0.25) is 0 Å². The molecule has 1 rings (SSSR count). The predicted molar refractivity (Wildman–Crippen MR) is 74.7 cm³/mol. The molecule has 0 saturated carbocycles. The van der Waals surface area contributed by atoms with E-state index in [0.717, 1.165) is 23.3 Å². The van der Waals surface area contributed by atoms with Gasteiger partial charge in [-0.05, 0) is 12.8 Å². The van der Waals surface area contributed by atoms with Crippen molar-refractivity contribution in [2.45, 2.75) is 18.6 Å². The number of rotatable bonds is 7. The Kier molecular flexibility index (Phi) is 9.21. The molecule has 0 spiro atoms. The van der Waals surface area contributed by atoms with E-state index in [9.17, 15) is 0 Å². The fraction of sp³-hybridized carbons (Fsp3) is 0.778. The number of nitrogens with zero attached hydrogens (tertiary/aromatic N) is 3. The van der Waals surface area contributed by atoms with E-state index in [4.69, 9.17) is 0 Å². The van der Waals surface area contributed by atoms with Gasteiger partial charge >= 0.3 is 0 Å². The van der Waals surface area contributed by atoms with E-state index in [1.54, 1.807) is 11.8 Å². The first kappa shape index (κ1) is 16.1. The zero-order chi connectivity index (χ0) is 11.1. The van der Waals surface area contributed by atoms with Crippen LogP contribution in [0.1, 0.15) is 12.7 Å². The fourth-order valence-corrected chi connectivity index (χ4v) is 2.79. The van der Waals surface area contributed by atoms with Crippen molar-refractivity contribution < 1.29 is 0 Å². The summed E-state index contributed by atoms with van der Waals surface area (Å²) in [6.07, 6.45) is 0. The smallest absolute Gasteiger partial charge is 0.191 e. The van der Waals surface area contributed by atoms with Crippen LogP contribution < -0.4 is 5.32 Å². The predicted octanol–water partition coefficient (Wildman–Crippen LogP) is 1.80. The Balaban J connectivity index is 0.00000225. The van der Waals surface area contributed by atoms with Gasteiger partial charge in [-0.25, -0.2) is 0 Å². The monoisotopic (exact) mass is 282 g/mol. The average Bonchev–Trinajstić information content (AvgIpc) is 2.57. The minimum absolute atomic E-state index is 0. The molecule has 4 nitrogen and oxygen atoms in total. The molecule has 16 heavy (non-hydrogen) atoms. The van der Waals surface area contributed by atoms with E-state index in [2.05, 4.69) is 27.0 Å². The summed E-state index contributed by atoms with van der Waals surface area (Å²) in [5.74, 6) is 4.45. The number of nitrogens with one attached hydrogen (secondary N) is 1. The van der Waals surface area contributed by atoms with E-state index >= 15 is 0 Å². The van der Waals surface area contributed by atoms with Crippen molar-refractivity contribution in [1.82, 2.24) is 20.1 Å². The summed E-state index contributed by atoms with van der Waals surface area (Å²) in [6.45, 7) is 2.95. The van der Waals surface area contributed by atoms with Crippen molar-refractivity contribution >= 4 is 35.9 Å². The van der Waals surface area contributed by atoms with Crippen LogP contribution in [0, 0.1) is 0 Å². The Morgan fingerprint density at radius 1 is 1.31 bits per heavy atom. The average molecular weight is 283 g/mol. The van der Waals surface area contributed by atoms with Gasteiger partial charge in [-0.15, -0.1) is 22.6 Å².